The molecule has 1 aromatic carbocycles. The van der Waals surface area contributed by atoms with Crippen molar-refractivity contribution in [3.63, 3.8) is 0 Å². The molecule has 0 radical (unpaired) electrons. The number of halogens is 1. The molecule has 1 aromatic rings. The van der Waals surface area contributed by atoms with E-state index >= 15 is 0 Å². The SMILES string of the molecule is CCN(CC)C(=O)CSc1ccc(Br)cc1[N+](=O)[O-]. The first-order valence-corrected chi connectivity index (χ1v) is 7.62. The van der Waals surface area contributed by atoms with Gasteiger partial charge in [0.2, 0.25) is 5.91 Å². The molecule has 0 unspecified atom stereocenters. The van der Waals surface area contributed by atoms with E-state index in [-0.39, 0.29) is 17.3 Å². The van der Waals surface area contributed by atoms with E-state index in [1.54, 1.807) is 17.0 Å². The molecule has 1 amide bonds. The van der Waals surface area contributed by atoms with Crippen LogP contribution in [0.4, 0.5) is 5.69 Å². The average molecular weight is 347 g/mol. The predicted molar refractivity (Wildman–Crippen MR) is 79.4 cm³/mol. The Hall–Kier alpha value is -1.08. The standard InChI is InChI=1S/C12H15BrN2O3S/c1-3-14(4-2)12(16)8-19-11-6-5-9(13)7-10(11)15(17)18/h5-7H,3-4,8H2,1-2H3. The third kappa shape index (κ3) is 4.50. The van der Waals surface area contributed by atoms with E-state index < -0.39 is 4.92 Å². The fourth-order valence-electron chi connectivity index (χ4n) is 1.56. The molecule has 0 aliphatic carbocycles. The van der Waals surface area contributed by atoms with Gasteiger partial charge in [-0.15, -0.1) is 11.8 Å². The van der Waals surface area contributed by atoms with Crippen LogP contribution < -0.4 is 0 Å². The lowest BCUT2D eigenvalue weighted by Crippen LogP contribution is -2.31. The van der Waals surface area contributed by atoms with E-state index in [2.05, 4.69) is 15.9 Å². The Kier molecular flexibility index (Phi) is 6.30. The van der Waals surface area contributed by atoms with E-state index in [4.69, 9.17) is 0 Å². The van der Waals surface area contributed by atoms with Crippen LogP contribution in [0.5, 0.6) is 0 Å². The number of amides is 1. The van der Waals surface area contributed by atoms with Crippen molar-refractivity contribution in [1.29, 1.82) is 0 Å². The molecule has 0 aliphatic rings. The largest absolute Gasteiger partial charge is 0.343 e. The number of carbonyl (C=O) groups is 1. The van der Waals surface area contributed by atoms with Gasteiger partial charge in [0, 0.05) is 23.6 Å². The number of carbonyl (C=O) groups excluding carboxylic acids is 1. The van der Waals surface area contributed by atoms with Crippen LogP contribution in [0.25, 0.3) is 0 Å². The van der Waals surface area contributed by atoms with Crippen LogP contribution in [-0.4, -0.2) is 34.6 Å². The summed E-state index contributed by atoms with van der Waals surface area (Å²) in [6, 6.07) is 4.84. The van der Waals surface area contributed by atoms with Gasteiger partial charge in [0.05, 0.1) is 15.6 Å². The zero-order valence-electron chi connectivity index (χ0n) is 10.8. The maximum absolute atomic E-state index is 11.9. The van der Waals surface area contributed by atoms with Gasteiger partial charge in [0.25, 0.3) is 5.69 Å². The number of nitrogens with zero attached hydrogens (tertiary/aromatic N) is 2. The highest BCUT2D eigenvalue weighted by molar-refractivity contribution is 9.10. The monoisotopic (exact) mass is 346 g/mol. The van der Waals surface area contributed by atoms with Crippen molar-refractivity contribution in [2.24, 2.45) is 0 Å². The van der Waals surface area contributed by atoms with Crippen LogP contribution in [0.1, 0.15) is 13.8 Å². The lowest BCUT2D eigenvalue weighted by atomic mass is 10.3. The van der Waals surface area contributed by atoms with Gasteiger partial charge < -0.3 is 4.90 Å². The Morgan fingerprint density at radius 1 is 1.42 bits per heavy atom. The van der Waals surface area contributed by atoms with Gasteiger partial charge in [0.15, 0.2) is 0 Å². The second-order valence-corrected chi connectivity index (χ2v) is 5.66. The van der Waals surface area contributed by atoms with Crippen LogP contribution in [0.2, 0.25) is 0 Å². The van der Waals surface area contributed by atoms with E-state index in [0.717, 1.165) is 0 Å². The summed E-state index contributed by atoms with van der Waals surface area (Å²) in [5.74, 6) is 0.205. The molecule has 0 saturated carbocycles. The zero-order chi connectivity index (χ0) is 14.4. The highest BCUT2D eigenvalue weighted by Gasteiger charge is 2.17. The van der Waals surface area contributed by atoms with Gasteiger partial charge in [0.1, 0.15) is 0 Å². The number of benzene rings is 1. The quantitative estimate of drug-likeness (QED) is 0.450. The summed E-state index contributed by atoms with van der Waals surface area (Å²) in [7, 11) is 0. The minimum absolute atomic E-state index is 0.00721. The fraction of sp³-hybridized carbons (Fsp3) is 0.417. The summed E-state index contributed by atoms with van der Waals surface area (Å²) >= 11 is 4.40. The minimum Gasteiger partial charge on any atom is -0.343 e. The zero-order valence-corrected chi connectivity index (χ0v) is 13.2. The van der Waals surface area contributed by atoms with E-state index in [1.165, 1.54) is 17.8 Å². The van der Waals surface area contributed by atoms with Crippen LogP contribution in [0.15, 0.2) is 27.6 Å². The molecule has 0 N–H and O–H groups in total. The molecule has 0 aromatic heterocycles. The number of hydrogen-bond donors (Lipinski definition) is 0. The molecule has 0 atom stereocenters. The molecule has 0 aliphatic heterocycles. The lowest BCUT2D eigenvalue weighted by Gasteiger charge is -2.18. The second-order valence-electron chi connectivity index (χ2n) is 3.72. The summed E-state index contributed by atoms with van der Waals surface area (Å²) in [6.45, 7) is 5.12. The molecule has 0 bridgehead atoms. The van der Waals surface area contributed by atoms with Gasteiger partial charge in [-0.05, 0) is 26.0 Å². The third-order valence-corrected chi connectivity index (χ3v) is 4.13. The molecular weight excluding hydrogens is 332 g/mol. The molecule has 7 heteroatoms. The summed E-state index contributed by atoms with van der Waals surface area (Å²) in [4.78, 5) is 24.6. The number of rotatable bonds is 6. The maximum Gasteiger partial charge on any atom is 0.284 e. The van der Waals surface area contributed by atoms with Crippen LogP contribution in [-0.2, 0) is 4.79 Å². The van der Waals surface area contributed by atoms with Gasteiger partial charge >= 0.3 is 0 Å². The Morgan fingerprint density at radius 3 is 2.58 bits per heavy atom. The van der Waals surface area contributed by atoms with Crippen LogP contribution >= 0.6 is 27.7 Å². The first-order valence-electron chi connectivity index (χ1n) is 5.84. The normalized spacial score (nSPS) is 10.3. The molecule has 104 valence electrons. The van der Waals surface area contributed by atoms with E-state index in [0.29, 0.717) is 22.5 Å². The van der Waals surface area contributed by atoms with Crippen molar-refractivity contribution in [3.8, 4) is 0 Å². The first kappa shape index (κ1) is 16.0. The van der Waals surface area contributed by atoms with Crippen molar-refractivity contribution in [2.45, 2.75) is 18.7 Å². The molecule has 0 fully saturated rings. The predicted octanol–water partition coefficient (Wildman–Crippen LogP) is 3.32. The molecule has 1 rings (SSSR count). The van der Waals surface area contributed by atoms with Crippen LogP contribution in [0, 0.1) is 10.1 Å². The Balaban J connectivity index is 2.78. The summed E-state index contributed by atoms with van der Waals surface area (Å²) < 4.78 is 0.651. The maximum atomic E-state index is 11.9. The summed E-state index contributed by atoms with van der Waals surface area (Å²) in [6.07, 6.45) is 0. The molecule has 0 heterocycles. The Morgan fingerprint density at radius 2 is 2.05 bits per heavy atom. The highest BCUT2D eigenvalue weighted by atomic mass is 79.9. The van der Waals surface area contributed by atoms with E-state index in [1.807, 2.05) is 13.8 Å². The number of thioether (sulfide) groups is 1. The third-order valence-electron chi connectivity index (χ3n) is 2.58. The van der Waals surface area contributed by atoms with Gasteiger partial charge in [-0.3, -0.25) is 14.9 Å². The molecule has 0 saturated heterocycles. The first-order chi connectivity index (χ1) is 8.99. The number of hydrogen-bond acceptors (Lipinski definition) is 4. The van der Waals surface area contributed by atoms with Crippen molar-refractivity contribution >= 4 is 39.3 Å². The summed E-state index contributed by atoms with van der Waals surface area (Å²) in [5, 5.41) is 10.9. The second kappa shape index (κ2) is 7.49. The average Bonchev–Trinajstić information content (AvgIpc) is 2.38. The van der Waals surface area contributed by atoms with Gasteiger partial charge in [-0.25, -0.2) is 0 Å². The fourth-order valence-corrected chi connectivity index (χ4v) is 2.82. The van der Waals surface area contributed by atoms with Crippen molar-refractivity contribution in [1.82, 2.24) is 4.90 Å². The topological polar surface area (TPSA) is 63.5 Å². The Bertz CT molecular complexity index is 478. The highest BCUT2D eigenvalue weighted by Crippen LogP contribution is 2.31. The number of nitro groups is 1. The van der Waals surface area contributed by atoms with Gasteiger partial charge in [-0.2, -0.15) is 0 Å². The van der Waals surface area contributed by atoms with Crippen LogP contribution in [0.3, 0.4) is 0 Å². The van der Waals surface area contributed by atoms with Crippen molar-refractivity contribution < 1.29 is 9.72 Å². The minimum atomic E-state index is -0.436. The Labute approximate surface area is 124 Å². The lowest BCUT2D eigenvalue weighted by molar-refractivity contribution is -0.387. The van der Waals surface area contributed by atoms with E-state index in [9.17, 15) is 14.9 Å². The molecular formula is C12H15BrN2O3S. The molecule has 19 heavy (non-hydrogen) atoms. The molecule has 0 spiro atoms. The van der Waals surface area contributed by atoms with Gasteiger partial charge in [-0.1, -0.05) is 15.9 Å². The summed E-state index contributed by atoms with van der Waals surface area (Å²) in [5.41, 5.74) is 0.0201. The molecule has 5 nitrogen and oxygen atoms in total. The number of nitro benzene ring substituents is 1. The smallest absolute Gasteiger partial charge is 0.284 e. The van der Waals surface area contributed by atoms with Crippen molar-refractivity contribution in [3.05, 3.63) is 32.8 Å². The van der Waals surface area contributed by atoms with Crippen molar-refractivity contribution in [2.75, 3.05) is 18.8 Å².